The summed E-state index contributed by atoms with van der Waals surface area (Å²) in [4.78, 5) is 11.7. The van der Waals surface area contributed by atoms with E-state index in [0.717, 1.165) is 5.56 Å². The zero-order valence-electron chi connectivity index (χ0n) is 11.7. The van der Waals surface area contributed by atoms with Gasteiger partial charge in [-0.3, -0.25) is 4.79 Å². The van der Waals surface area contributed by atoms with Crippen molar-refractivity contribution in [3.63, 3.8) is 0 Å². The summed E-state index contributed by atoms with van der Waals surface area (Å²) in [5.41, 5.74) is 0.963. The van der Waals surface area contributed by atoms with Crippen LogP contribution in [0.2, 0.25) is 0 Å². The van der Waals surface area contributed by atoms with E-state index in [1.807, 2.05) is 25.1 Å². The molecule has 0 atom stereocenters. The minimum Gasteiger partial charge on any atom is -0.493 e. The predicted octanol–water partition coefficient (Wildman–Crippen LogP) is 2.88. The number of hydrogen-bond donors (Lipinski definition) is 1. The fourth-order valence-corrected chi connectivity index (χ4v) is 1.63. The maximum absolute atomic E-state index is 11.7. The molecule has 0 unspecified atom stereocenters. The molecular weight excluding hydrogens is 310 g/mol. The zero-order valence-corrected chi connectivity index (χ0v) is 13.3. The van der Waals surface area contributed by atoms with Crippen molar-refractivity contribution in [3.8, 4) is 11.5 Å². The van der Waals surface area contributed by atoms with Crippen molar-refractivity contribution in [3.05, 3.63) is 23.8 Å². The Morgan fingerprint density at radius 3 is 2.58 bits per heavy atom. The van der Waals surface area contributed by atoms with Gasteiger partial charge in [0.1, 0.15) is 0 Å². The molecule has 1 rings (SSSR count). The summed E-state index contributed by atoms with van der Waals surface area (Å²) in [7, 11) is 1.60. The normalized spacial score (nSPS) is 11.0. The summed E-state index contributed by atoms with van der Waals surface area (Å²) in [5, 5.41) is 2.86. The van der Waals surface area contributed by atoms with Crippen molar-refractivity contribution in [1.82, 2.24) is 5.32 Å². The van der Waals surface area contributed by atoms with Crippen LogP contribution in [-0.4, -0.2) is 23.9 Å². The number of carbonyl (C=O) groups is 1. The lowest BCUT2D eigenvalue weighted by Crippen LogP contribution is -2.37. The number of methoxy groups -OCH3 is 1. The molecule has 0 radical (unpaired) electrons. The van der Waals surface area contributed by atoms with Crippen LogP contribution in [0.4, 0.5) is 0 Å². The van der Waals surface area contributed by atoms with Crippen LogP contribution in [0.3, 0.4) is 0 Å². The molecule has 0 heterocycles. The van der Waals surface area contributed by atoms with Gasteiger partial charge in [0.05, 0.1) is 18.0 Å². The number of hydrogen-bond acceptors (Lipinski definition) is 3. The number of nitrogens with one attached hydrogen (secondary N) is 1. The molecule has 1 aromatic rings. The van der Waals surface area contributed by atoms with Crippen LogP contribution in [0, 0.1) is 0 Å². The van der Waals surface area contributed by atoms with E-state index in [2.05, 4.69) is 21.2 Å². The van der Waals surface area contributed by atoms with E-state index in [0.29, 0.717) is 24.7 Å². The minimum absolute atomic E-state index is 0.0552. The van der Waals surface area contributed by atoms with Gasteiger partial charge in [-0.15, -0.1) is 0 Å². The summed E-state index contributed by atoms with van der Waals surface area (Å²) in [6, 6.07) is 5.63. The van der Waals surface area contributed by atoms with Gasteiger partial charge in [0.15, 0.2) is 11.5 Å². The standard InChI is InChI=1S/C14H20BrNO3/c1-5-19-11-7-6-10(8-12(11)18-4)9-16-13(17)14(2,3)15/h6-8H,5,9H2,1-4H3,(H,16,17). The maximum Gasteiger partial charge on any atom is 0.236 e. The van der Waals surface area contributed by atoms with E-state index in [-0.39, 0.29) is 5.91 Å². The molecular formula is C14H20BrNO3. The van der Waals surface area contributed by atoms with E-state index >= 15 is 0 Å². The molecule has 1 aromatic carbocycles. The highest BCUT2D eigenvalue weighted by atomic mass is 79.9. The first-order valence-corrected chi connectivity index (χ1v) is 6.94. The third kappa shape index (κ3) is 4.74. The number of carbonyl (C=O) groups excluding carboxylic acids is 1. The van der Waals surface area contributed by atoms with E-state index in [1.54, 1.807) is 21.0 Å². The molecule has 1 amide bonds. The Kier molecular flexibility index (Phi) is 5.66. The Morgan fingerprint density at radius 2 is 2.05 bits per heavy atom. The fourth-order valence-electron chi connectivity index (χ4n) is 1.49. The topological polar surface area (TPSA) is 47.6 Å². The molecule has 0 fully saturated rings. The third-order valence-electron chi connectivity index (χ3n) is 2.52. The first kappa shape index (κ1) is 15.8. The van der Waals surface area contributed by atoms with Gasteiger partial charge in [-0.2, -0.15) is 0 Å². The Balaban J connectivity index is 2.72. The van der Waals surface area contributed by atoms with Gasteiger partial charge >= 0.3 is 0 Å². The molecule has 0 spiro atoms. The average molecular weight is 330 g/mol. The molecule has 1 N–H and O–H groups in total. The largest absolute Gasteiger partial charge is 0.493 e. The zero-order chi connectivity index (χ0) is 14.5. The smallest absolute Gasteiger partial charge is 0.236 e. The first-order chi connectivity index (χ1) is 8.88. The average Bonchev–Trinajstić information content (AvgIpc) is 2.36. The van der Waals surface area contributed by atoms with Gasteiger partial charge < -0.3 is 14.8 Å². The van der Waals surface area contributed by atoms with E-state index in [9.17, 15) is 4.79 Å². The number of rotatable bonds is 6. The monoisotopic (exact) mass is 329 g/mol. The second-order valence-corrected chi connectivity index (χ2v) is 6.56. The summed E-state index contributed by atoms with van der Waals surface area (Å²) in [6.07, 6.45) is 0. The van der Waals surface area contributed by atoms with Crippen LogP contribution in [0.15, 0.2) is 18.2 Å². The quantitative estimate of drug-likeness (QED) is 0.816. The maximum atomic E-state index is 11.7. The Hall–Kier alpha value is -1.23. The van der Waals surface area contributed by atoms with Crippen molar-refractivity contribution in [2.75, 3.05) is 13.7 Å². The summed E-state index contributed by atoms with van der Waals surface area (Å²) in [5.74, 6) is 1.33. The number of amides is 1. The van der Waals surface area contributed by atoms with Crippen molar-refractivity contribution < 1.29 is 14.3 Å². The van der Waals surface area contributed by atoms with E-state index in [1.165, 1.54) is 0 Å². The second kappa shape index (κ2) is 6.80. The molecule has 0 aliphatic rings. The number of alkyl halides is 1. The van der Waals surface area contributed by atoms with Gasteiger partial charge in [-0.1, -0.05) is 22.0 Å². The summed E-state index contributed by atoms with van der Waals surface area (Å²) >= 11 is 3.32. The fraction of sp³-hybridized carbons (Fsp3) is 0.500. The van der Waals surface area contributed by atoms with E-state index in [4.69, 9.17) is 9.47 Å². The van der Waals surface area contributed by atoms with E-state index < -0.39 is 4.32 Å². The number of ether oxygens (including phenoxy) is 2. The highest BCUT2D eigenvalue weighted by Gasteiger charge is 2.22. The first-order valence-electron chi connectivity index (χ1n) is 6.15. The third-order valence-corrected chi connectivity index (χ3v) is 2.88. The van der Waals surface area contributed by atoms with Crippen molar-refractivity contribution in [2.45, 2.75) is 31.6 Å². The molecule has 0 saturated heterocycles. The molecule has 0 bridgehead atoms. The minimum atomic E-state index is -0.567. The van der Waals surface area contributed by atoms with Gasteiger partial charge in [-0.25, -0.2) is 0 Å². The molecule has 0 aliphatic heterocycles. The molecule has 19 heavy (non-hydrogen) atoms. The molecule has 5 heteroatoms. The van der Waals surface area contributed by atoms with Crippen LogP contribution in [-0.2, 0) is 11.3 Å². The molecule has 0 saturated carbocycles. The Morgan fingerprint density at radius 1 is 1.37 bits per heavy atom. The summed E-state index contributed by atoms with van der Waals surface area (Å²) < 4.78 is 10.1. The molecule has 4 nitrogen and oxygen atoms in total. The Bertz CT molecular complexity index is 441. The molecule has 0 aromatic heterocycles. The lowest BCUT2D eigenvalue weighted by atomic mass is 10.1. The van der Waals surface area contributed by atoms with Crippen molar-refractivity contribution in [2.24, 2.45) is 0 Å². The van der Waals surface area contributed by atoms with Crippen LogP contribution in [0.1, 0.15) is 26.3 Å². The lowest BCUT2D eigenvalue weighted by molar-refractivity contribution is -0.122. The van der Waals surface area contributed by atoms with Gasteiger partial charge in [0.25, 0.3) is 0 Å². The van der Waals surface area contributed by atoms with Crippen LogP contribution < -0.4 is 14.8 Å². The number of halogens is 1. The highest BCUT2D eigenvalue weighted by Crippen LogP contribution is 2.28. The van der Waals surface area contributed by atoms with Gasteiger partial charge in [0, 0.05) is 6.54 Å². The summed E-state index contributed by atoms with van der Waals surface area (Å²) in [6.45, 7) is 6.58. The van der Waals surface area contributed by atoms with Crippen molar-refractivity contribution in [1.29, 1.82) is 0 Å². The predicted molar refractivity (Wildman–Crippen MR) is 79.0 cm³/mol. The van der Waals surface area contributed by atoms with Crippen molar-refractivity contribution >= 4 is 21.8 Å². The highest BCUT2D eigenvalue weighted by molar-refractivity contribution is 9.10. The van der Waals surface area contributed by atoms with Gasteiger partial charge in [-0.05, 0) is 38.5 Å². The van der Waals surface area contributed by atoms with Crippen LogP contribution in [0.5, 0.6) is 11.5 Å². The SMILES string of the molecule is CCOc1ccc(CNC(=O)C(C)(C)Br)cc1OC. The lowest BCUT2D eigenvalue weighted by Gasteiger charge is -2.16. The van der Waals surface area contributed by atoms with Crippen LogP contribution in [0.25, 0.3) is 0 Å². The second-order valence-electron chi connectivity index (χ2n) is 4.57. The van der Waals surface area contributed by atoms with Crippen LogP contribution >= 0.6 is 15.9 Å². The number of benzene rings is 1. The Labute approximate surface area is 122 Å². The molecule has 106 valence electrons. The molecule has 0 aliphatic carbocycles. The van der Waals surface area contributed by atoms with Gasteiger partial charge in [0.2, 0.25) is 5.91 Å².